The Hall–Kier alpha value is -4.04. The summed E-state index contributed by atoms with van der Waals surface area (Å²) in [5.74, 6) is -0.525. The quantitative estimate of drug-likeness (QED) is 0.270. The van der Waals surface area contributed by atoms with Gasteiger partial charge in [-0.25, -0.2) is 0 Å². The van der Waals surface area contributed by atoms with E-state index in [0.717, 1.165) is 48.1 Å². The average molecular weight is 569 g/mol. The second-order valence-electron chi connectivity index (χ2n) is 11.2. The van der Waals surface area contributed by atoms with E-state index in [1.54, 1.807) is 6.20 Å². The van der Waals surface area contributed by atoms with E-state index in [9.17, 15) is 14.4 Å². The number of hydrogen-bond acceptors (Lipinski definition) is 5. The van der Waals surface area contributed by atoms with Crippen molar-refractivity contribution in [2.24, 2.45) is 5.92 Å². The van der Waals surface area contributed by atoms with Crippen LogP contribution in [-0.4, -0.2) is 54.0 Å². The average Bonchev–Trinajstić information content (AvgIpc) is 3.84. The second-order valence-corrected chi connectivity index (χ2v) is 11.2. The molecule has 3 aromatic rings. The molecule has 1 saturated heterocycles. The molecule has 220 valence electrons. The molecule has 42 heavy (non-hydrogen) atoms. The molecule has 0 radical (unpaired) electrons. The van der Waals surface area contributed by atoms with Crippen LogP contribution in [0, 0.1) is 5.92 Å². The van der Waals surface area contributed by atoms with Gasteiger partial charge in [0.15, 0.2) is 12.2 Å². The first-order chi connectivity index (χ1) is 20.6. The van der Waals surface area contributed by atoms with Crippen molar-refractivity contribution in [3.63, 3.8) is 0 Å². The number of pyridine rings is 1. The van der Waals surface area contributed by atoms with Gasteiger partial charge in [-0.05, 0) is 47.6 Å². The highest BCUT2D eigenvalue weighted by Crippen LogP contribution is 2.28. The number of nitrogens with one attached hydrogen (secondary N) is 3. The summed E-state index contributed by atoms with van der Waals surface area (Å²) in [6.45, 7) is 0.882. The van der Waals surface area contributed by atoms with Crippen LogP contribution in [0.15, 0.2) is 79.0 Å². The SMILES string of the molecule is O=C(NCCc1ccccn1)[C@H](CC1CCCCC1)NC(=O)[C@H]1O[C@@H]1C(=O)NCCc1ccc(-c2ccccc2)cc1. The van der Waals surface area contributed by atoms with Crippen molar-refractivity contribution in [3.8, 4) is 11.1 Å². The summed E-state index contributed by atoms with van der Waals surface area (Å²) in [7, 11) is 0. The van der Waals surface area contributed by atoms with Crippen molar-refractivity contribution in [2.45, 2.75) is 69.6 Å². The van der Waals surface area contributed by atoms with Crippen molar-refractivity contribution in [2.75, 3.05) is 13.1 Å². The molecule has 1 aliphatic heterocycles. The molecule has 3 amide bonds. The minimum Gasteiger partial charge on any atom is -0.354 e. The van der Waals surface area contributed by atoms with E-state index in [1.165, 1.54) is 6.42 Å². The molecule has 1 saturated carbocycles. The Bertz CT molecular complexity index is 1310. The van der Waals surface area contributed by atoms with Gasteiger partial charge in [0.1, 0.15) is 6.04 Å². The third kappa shape index (κ3) is 8.49. The predicted molar refractivity (Wildman–Crippen MR) is 161 cm³/mol. The van der Waals surface area contributed by atoms with Gasteiger partial charge in [-0.15, -0.1) is 0 Å². The van der Waals surface area contributed by atoms with Gasteiger partial charge in [-0.3, -0.25) is 19.4 Å². The van der Waals surface area contributed by atoms with Gasteiger partial charge in [-0.1, -0.05) is 92.8 Å². The molecule has 1 aromatic heterocycles. The van der Waals surface area contributed by atoms with Crippen molar-refractivity contribution >= 4 is 17.7 Å². The zero-order valence-corrected chi connectivity index (χ0v) is 24.0. The van der Waals surface area contributed by atoms with E-state index in [4.69, 9.17) is 4.74 Å². The van der Waals surface area contributed by atoms with Crippen LogP contribution in [0.25, 0.3) is 11.1 Å². The lowest BCUT2D eigenvalue weighted by Gasteiger charge is -2.26. The Morgan fingerprint density at radius 3 is 2.19 bits per heavy atom. The maximum Gasteiger partial charge on any atom is 0.253 e. The first-order valence-electron chi connectivity index (χ1n) is 15.1. The summed E-state index contributed by atoms with van der Waals surface area (Å²) in [6, 6.07) is 23.5. The van der Waals surface area contributed by atoms with Gasteiger partial charge < -0.3 is 20.7 Å². The Morgan fingerprint density at radius 2 is 1.45 bits per heavy atom. The van der Waals surface area contributed by atoms with Crippen LogP contribution in [0.2, 0.25) is 0 Å². The highest BCUT2D eigenvalue weighted by molar-refractivity contribution is 5.97. The van der Waals surface area contributed by atoms with Crippen LogP contribution in [0.5, 0.6) is 0 Å². The van der Waals surface area contributed by atoms with Crippen LogP contribution in [-0.2, 0) is 32.0 Å². The number of amides is 3. The number of ether oxygens (including phenoxy) is 1. The van der Waals surface area contributed by atoms with E-state index < -0.39 is 24.2 Å². The van der Waals surface area contributed by atoms with Gasteiger partial charge >= 0.3 is 0 Å². The lowest BCUT2D eigenvalue weighted by molar-refractivity contribution is -0.130. The topological polar surface area (TPSA) is 113 Å². The Balaban J connectivity index is 1.07. The minimum atomic E-state index is -0.870. The van der Waals surface area contributed by atoms with E-state index in [0.29, 0.717) is 38.3 Å². The number of aromatic nitrogens is 1. The summed E-state index contributed by atoms with van der Waals surface area (Å²) in [6.07, 6.45) is 7.56. The second kappa shape index (κ2) is 14.7. The Labute approximate surface area is 247 Å². The molecule has 3 atom stereocenters. The van der Waals surface area contributed by atoms with Crippen molar-refractivity contribution in [1.82, 2.24) is 20.9 Å². The largest absolute Gasteiger partial charge is 0.354 e. The van der Waals surface area contributed by atoms with Crippen LogP contribution in [0.1, 0.15) is 49.8 Å². The minimum absolute atomic E-state index is 0.204. The molecule has 8 nitrogen and oxygen atoms in total. The molecule has 1 aliphatic carbocycles. The summed E-state index contributed by atoms with van der Waals surface area (Å²) in [5.41, 5.74) is 4.32. The first-order valence-corrected chi connectivity index (χ1v) is 15.1. The number of carbonyl (C=O) groups is 3. The molecule has 0 unspecified atom stereocenters. The van der Waals surface area contributed by atoms with E-state index in [1.807, 2.05) is 36.4 Å². The number of carbonyl (C=O) groups excluding carboxylic acids is 3. The van der Waals surface area contributed by atoms with E-state index in [-0.39, 0.29) is 11.8 Å². The van der Waals surface area contributed by atoms with Gasteiger partial charge in [0.2, 0.25) is 5.91 Å². The molecule has 3 N–H and O–H groups in total. The van der Waals surface area contributed by atoms with Crippen LogP contribution in [0.3, 0.4) is 0 Å². The summed E-state index contributed by atoms with van der Waals surface area (Å²) < 4.78 is 5.45. The molecule has 0 spiro atoms. The normalized spacial score (nSPS) is 19.0. The summed E-state index contributed by atoms with van der Waals surface area (Å²) in [4.78, 5) is 43.1. The fourth-order valence-corrected chi connectivity index (χ4v) is 5.66. The van der Waals surface area contributed by atoms with Crippen molar-refractivity contribution in [3.05, 3.63) is 90.3 Å². The summed E-state index contributed by atoms with van der Waals surface area (Å²) in [5, 5.41) is 8.73. The fraction of sp³-hybridized carbons (Fsp3) is 0.412. The number of nitrogens with zero attached hydrogens (tertiary/aromatic N) is 1. The van der Waals surface area contributed by atoms with Crippen LogP contribution in [0.4, 0.5) is 0 Å². The molecule has 0 bridgehead atoms. The number of epoxide rings is 1. The smallest absolute Gasteiger partial charge is 0.253 e. The molecule has 8 heteroatoms. The Kier molecular flexibility index (Phi) is 10.3. The Morgan fingerprint density at radius 1 is 0.762 bits per heavy atom. The monoisotopic (exact) mass is 568 g/mol. The maximum atomic E-state index is 13.1. The highest BCUT2D eigenvalue weighted by Gasteiger charge is 2.51. The third-order valence-electron chi connectivity index (χ3n) is 8.12. The van der Waals surface area contributed by atoms with Gasteiger partial charge in [0.25, 0.3) is 11.8 Å². The van der Waals surface area contributed by atoms with Gasteiger partial charge in [-0.2, -0.15) is 0 Å². The van der Waals surface area contributed by atoms with Crippen LogP contribution < -0.4 is 16.0 Å². The lowest BCUT2D eigenvalue weighted by atomic mass is 9.84. The number of hydrogen-bond donors (Lipinski definition) is 3. The van der Waals surface area contributed by atoms with Crippen LogP contribution >= 0.6 is 0 Å². The molecule has 2 aromatic carbocycles. The summed E-state index contributed by atoms with van der Waals surface area (Å²) >= 11 is 0. The van der Waals surface area contributed by atoms with Gasteiger partial charge in [0.05, 0.1) is 0 Å². The first kappa shape index (κ1) is 29.5. The van der Waals surface area contributed by atoms with Crippen molar-refractivity contribution in [1.29, 1.82) is 0 Å². The molecule has 5 rings (SSSR count). The lowest BCUT2D eigenvalue weighted by Crippen LogP contribution is -2.50. The van der Waals surface area contributed by atoms with Crippen molar-refractivity contribution < 1.29 is 19.1 Å². The molecule has 2 fully saturated rings. The highest BCUT2D eigenvalue weighted by atomic mass is 16.6. The standard InChI is InChI=1S/C34H40N4O4/c39-32(36-22-19-28-13-7-8-20-35-28)29(23-25-9-3-1-4-10-25)38-34(41)31-30(42-31)33(40)37-21-18-24-14-16-27(17-15-24)26-11-5-2-6-12-26/h2,5-8,11-17,20,25,29-31H,1,3-4,9-10,18-19,21-23H2,(H,36,39)(H,37,40)(H,38,41)/t29-,30-,31-/m0/s1. The predicted octanol–water partition coefficient (Wildman–Crippen LogP) is 3.99. The third-order valence-corrected chi connectivity index (χ3v) is 8.12. The molecule has 2 heterocycles. The number of rotatable bonds is 13. The molecular weight excluding hydrogens is 528 g/mol. The van der Waals surface area contributed by atoms with E-state index >= 15 is 0 Å². The van der Waals surface area contributed by atoms with Gasteiger partial charge in [0, 0.05) is 31.4 Å². The zero-order valence-electron chi connectivity index (χ0n) is 24.0. The molecule has 2 aliphatic rings. The number of benzene rings is 2. The fourth-order valence-electron chi connectivity index (χ4n) is 5.66. The molecular formula is C34H40N4O4. The van der Waals surface area contributed by atoms with E-state index in [2.05, 4.69) is 57.3 Å². The zero-order chi connectivity index (χ0) is 29.1. The maximum absolute atomic E-state index is 13.1.